The number of ketones is 1. The van der Waals surface area contributed by atoms with Gasteiger partial charge in [-0.15, -0.1) is 0 Å². The van der Waals surface area contributed by atoms with Crippen LogP contribution in [0.4, 0.5) is 0 Å². The van der Waals surface area contributed by atoms with Crippen molar-refractivity contribution >= 4 is 5.78 Å². The molecule has 0 heterocycles. The van der Waals surface area contributed by atoms with E-state index < -0.39 is 0 Å². The van der Waals surface area contributed by atoms with Gasteiger partial charge < -0.3 is 0 Å². The maximum Gasteiger partial charge on any atom is 0.141 e. The molecule has 11 heavy (non-hydrogen) atoms. The lowest BCUT2D eigenvalue weighted by Gasteiger charge is -2.24. The zero-order valence-corrected chi connectivity index (χ0v) is 7.98. The Morgan fingerprint density at radius 2 is 1.82 bits per heavy atom. The van der Waals surface area contributed by atoms with E-state index in [0.717, 1.165) is 0 Å². The molecule has 1 nitrogen and oxygen atoms in total. The first-order valence-corrected chi connectivity index (χ1v) is 4.50. The maximum absolute atomic E-state index is 11.6. The molecule has 1 aliphatic carbocycles. The summed E-state index contributed by atoms with van der Waals surface area (Å²) >= 11 is 0. The van der Waals surface area contributed by atoms with E-state index in [1.54, 1.807) is 0 Å². The number of hydrogen-bond acceptors (Lipinski definition) is 1. The quantitative estimate of drug-likeness (QED) is 0.610. The first-order valence-electron chi connectivity index (χ1n) is 4.50. The van der Waals surface area contributed by atoms with Crippen LogP contribution >= 0.6 is 0 Å². The molecule has 1 fully saturated rings. The van der Waals surface area contributed by atoms with Crippen molar-refractivity contribution in [1.82, 2.24) is 0 Å². The van der Waals surface area contributed by atoms with Crippen LogP contribution in [-0.2, 0) is 4.79 Å². The van der Waals surface area contributed by atoms with Crippen molar-refractivity contribution in [3.8, 4) is 0 Å². The van der Waals surface area contributed by atoms with E-state index in [2.05, 4.69) is 13.8 Å². The number of rotatable bonds is 3. The summed E-state index contributed by atoms with van der Waals surface area (Å²) < 4.78 is 0. The van der Waals surface area contributed by atoms with E-state index in [1.807, 2.05) is 13.8 Å². The Balaban J connectivity index is 2.62. The van der Waals surface area contributed by atoms with E-state index in [0.29, 0.717) is 11.7 Å². The fraction of sp³-hybridized carbons (Fsp3) is 0.900. The summed E-state index contributed by atoms with van der Waals surface area (Å²) in [6.07, 6.45) is 2.51. The molecule has 1 saturated carbocycles. The Hall–Kier alpha value is -0.330. The highest BCUT2D eigenvalue weighted by Crippen LogP contribution is 2.46. The van der Waals surface area contributed by atoms with Crippen molar-refractivity contribution in [3.05, 3.63) is 0 Å². The van der Waals surface area contributed by atoms with Crippen molar-refractivity contribution in [2.75, 3.05) is 0 Å². The minimum atomic E-state index is -0.0475. The SMILES string of the molecule is CC(C)C(=O)C(C)(C)C1CC1. The van der Waals surface area contributed by atoms with E-state index in [4.69, 9.17) is 0 Å². The average Bonchev–Trinajstić information content (AvgIpc) is 2.66. The minimum absolute atomic E-state index is 0.0475. The molecule has 0 bridgehead atoms. The molecule has 0 unspecified atom stereocenters. The predicted molar refractivity (Wildman–Crippen MR) is 46.4 cm³/mol. The molecule has 1 aliphatic rings. The Morgan fingerprint density at radius 3 is 2.09 bits per heavy atom. The van der Waals surface area contributed by atoms with Crippen LogP contribution in [0.15, 0.2) is 0 Å². The number of hydrogen-bond donors (Lipinski definition) is 0. The first kappa shape index (κ1) is 8.76. The van der Waals surface area contributed by atoms with Gasteiger partial charge in [-0.05, 0) is 18.8 Å². The second-order valence-electron chi connectivity index (χ2n) is 4.51. The fourth-order valence-corrected chi connectivity index (χ4v) is 1.75. The van der Waals surface area contributed by atoms with Crippen LogP contribution in [0.2, 0.25) is 0 Å². The highest BCUT2D eigenvalue weighted by Gasteiger charge is 2.43. The average molecular weight is 154 g/mol. The monoisotopic (exact) mass is 154 g/mol. The summed E-state index contributed by atoms with van der Waals surface area (Å²) in [6.45, 7) is 8.17. The Kier molecular flexibility index (Phi) is 2.08. The third kappa shape index (κ3) is 1.63. The lowest BCUT2D eigenvalue weighted by atomic mass is 9.78. The molecule has 1 heteroatoms. The molecule has 0 atom stereocenters. The van der Waals surface area contributed by atoms with Gasteiger partial charge >= 0.3 is 0 Å². The van der Waals surface area contributed by atoms with Gasteiger partial charge in [-0.25, -0.2) is 0 Å². The van der Waals surface area contributed by atoms with Gasteiger partial charge in [0.2, 0.25) is 0 Å². The molecule has 0 aromatic carbocycles. The smallest absolute Gasteiger partial charge is 0.141 e. The zero-order valence-electron chi connectivity index (χ0n) is 7.98. The fourth-order valence-electron chi connectivity index (χ4n) is 1.75. The molecule has 0 aromatic rings. The van der Waals surface area contributed by atoms with E-state index in [1.165, 1.54) is 12.8 Å². The first-order chi connectivity index (χ1) is 4.96. The largest absolute Gasteiger partial charge is 0.299 e. The Labute approximate surface area is 69.2 Å². The van der Waals surface area contributed by atoms with Crippen LogP contribution in [0.1, 0.15) is 40.5 Å². The third-order valence-electron chi connectivity index (χ3n) is 2.76. The number of carbonyl (C=O) groups excluding carboxylic acids is 1. The highest BCUT2D eigenvalue weighted by molar-refractivity contribution is 5.86. The molecule has 0 radical (unpaired) electrons. The van der Waals surface area contributed by atoms with Crippen LogP contribution < -0.4 is 0 Å². The normalized spacial score (nSPS) is 19.0. The summed E-state index contributed by atoms with van der Waals surface area (Å²) in [5.74, 6) is 1.31. The number of carbonyl (C=O) groups is 1. The lowest BCUT2D eigenvalue weighted by molar-refractivity contribution is -0.131. The summed E-state index contributed by atoms with van der Waals surface area (Å²) in [6, 6.07) is 0. The zero-order chi connectivity index (χ0) is 8.65. The summed E-state index contributed by atoms with van der Waals surface area (Å²) in [4.78, 5) is 11.6. The molecular weight excluding hydrogens is 136 g/mol. The van der Waals surface area contributed by atoms with Crippen LogP contribution in [0.25, 0.3) is 0 Å². The Morgan fingerprint density at radius 1 is 1.36 bits per heavy atom. The van der Waals surface area contributed by atoms with Crippen LogP contribution in [0, 0.1) is 17.3 Å². The molecule has 0 aromatic heterocycles. The Bertz CT molecular complexity index is 164. The summed E-state index contributed by atoms with van der Waals surface area (Å²) in [5, 5.41) is 0. The molecule has 0 spiro atoms. The highest BCUT2D eigenvalue weighted by atomic mass is 16.1. The van der Waals surface area contributed by atoms with E-state index >= 15 is 0 Å². The molecular formula is C10H18O. The maximum atomic E-state index is 11.6. The minimum Gasteiger partial charge on any atom is -0.299 e. The van der Waals surface area contributed by atoms with Gasteiger partial charge in [0.05, 0.1) is 0 Å². The van der Waals surface area contributed by atoms with Gasteiger partial charge in [-0.1, -0.05) is 27.7 Å². The van der Waals surface area contributed by atoms with Gasteiger partial charge in [0.15, 0.2) is 0 Å². The van der Waals surface area contributed by atoms with Crippen LogP contribution in [-0.4, -0.2) is 5.78 Å². The van der Waals surface area contributed by atoms with Crippen molar-refractivity contribution < 1.29 is 4.79 Å². The van der Waals surface area contributed by atoms with Gasteiger partial charge in [0.25, 0.3) is 0 Å². The molecule has 0 saturated heterocycles. The van der Waals surface area contributed by atoms with E-state index in [-0.39, 0.29) is 11.3 Å². The summed E-state index contributed by atoms with van der Waals surface area (Å²) in [5.41, 5.74) is -0.0475. The van der Waals surface area contributed by atoms with Crippen molar-refractivity contribution in [1.29, 1.82) is 0 Å². The van der Waals surface area contributed by atoms with Gasteiger partial charge in [0.1, 0.15) is 5.78 Å². The topological polar surface area (TPSA) is 17.1 Å². The molecule has 1 rings (SSSR count). The van der Waals surface area contributed by atoms with Gasteiger partial charge in [0, 0.05) is 11.3 Å². The second kappa shape index (κ2) is 2.62. The molecule has 0 N–H and O–H groups in total. The third-order valence-corrected chi connectivity index (χ3v) is 2.76. The van der Waals surface area contributed by atoms with Crippen molar-refractivity contribution in [3.63, 3.8) is 0 Å². The summed E-state index contributed by atoms with van der Waals surface area (Å²) in [7, 11) is 0. The standard InChI is InChI=1S/C10H18O/c1-7(2)9(11)10(3,4)8-5-6-8/h7-8H,5-6H2,1-4H3. The van der Waals surface area contributed by atoms with E-state index in [9.17, 15) is 4.79 Å². The van der Waals surface area contributed by atoms with Gasteiger partial charge in [-0.2, -0.15) is 0 Å². The lowest BCUT2D eigenvalue weighted by Crippen LogP contribution is -2.30. The van der Waals surface area contributed by atoms with Crippen molar-refractivity contribution in [2.24, 2.45) is 17.3 Å². The molecule has 0 aliphatic heterocycles. The molecule has 0 amide bonds. The molecule has 64 valence electrons. The van der Waals surface area contributed by atoms with Crippen LogP contribution in [0.5, 0.6) is 0 Å². The second-order valence-corrected chi connectivity index (χ2v) is 4.51. The van der Waals surface area contributed by atoms with Gasteiger partial charge in [-0.3, -0.25) is 4.79 Å². The van der Waals surface area contributed by atoms with Crippen LogP contribution in [0.3, 0.4) is 0 Å². The number of Topliss-reactive ketones (excluding diaryl/α,β-unsaturated/α-hetero) is 1. The predicted octanol–water partition coefficient (Wildman–Crippen LogP) is 2.65. The van der Waals surface area contributed by atoms with Crippen molar-refractivity contribution in [2.45, 2.75) is 40.5 Å².